The normalized spacial score (nSPS) is 13.0. The van der Waals surface area contributed by atoms with E-state index in [0.717, 1.165) is 48.1 Å². The molecular weight excluding hydrogens is 344 g/mol. The van der Waals surface area contributed by atoms with E-state index in [1.54, 1.807) is 0 Å². The standard InChI is InChI=1S/C24H30N4/c1-4-28(5-2)16-10-11-17(3)25-22-18-12-6-8-14-20(18)26-23-19-13-7-9-15-21(19)27-24(22)23/h6-9,12-15,17,27H,4-5,10-11,16H2,1-3H3,(H,25,26)/t17-/m1/s1. The number of benzene rings is 2. The van der Waals surface area contributed by atoms with Gasteiger partial charge in [-0.25, -0.2) is 4.98 Å². The molecule has 0 aliphatic heterocycles. The zero-order valence-electron chi connectivity index (χ0n) is 17.1. The highest BCUT2D eigenvalue weighted by Crippen LogP contribution is 2.35. The largest absolute Gasteiger partial charge is 0.380 e. The second-order valence-electron chi connectivity index (χ2n) is 7.61. The number of anilines is 1. The van der Waals surface area contributed by atoms with Crippen molar-refractivity contribution < 1.29 is 0 Å². The Morgan fingerprint density at radius 3 is 2.50 bits per heavy atom. The van der Waals surface area contributed by atoms with Crippen LogP contribution in [0.5, 0.6) is 0 Å². The average Bonchev–Trinajstić information content (AvgIpc) is 3.10. The monoisotopic (exact) mass is 374 g/mol. The molecule has 0 amide bonds. The summed E-state index contributed by atoms with van der Waals surface area (Å²) in [5.74, 6) is 0. The van der Waals surface area contributed by atoms with Crippen LogP contribution in [0.3, 0.4) is 0 Å². The van der Waals surface area contributed by atoms with Gasteiger partial charge in [-0.05, 0) is 51.5 Å². The summed E-state index contributed by atoms with van der Waals surface area (Å²) in [6, 6.07) is 17.2. The van der Waals surface area contributed by atoms with Gasteiger partial charge in [0.15, 0.2) is 0 Å². The van der Waals surface area contributed by atoms with E-state index >= 15 is 0 Å². The maximum Gasteiger partial charge on any atom is 0.0986 e. The molecule has 2 aromatic carbocycles. The molecule has 0 saturated heterocycles. The zero-order valence-corrected chi connectivity index (χ0v) is 17.1. The van der Waals surface area contributed by atoms with Crippen molar-refractivity contribution in [2.45, 2.75) is 39.7 Å². The van der Waals surface area contributed by atoms with E-state index in [1.165, 1.54) is 22.9 Å². The smallest absolute Gasteiger partial charge is 0.0986 e. The Labute approximate surface area is 166 Å². The number of H-pyrrole nitrogens is 1. The van der Waals surface area contributed by atoms with Gasteiger partial charge in [0.1, 0.15) is 0 Å². The number of pyridine rings is 1. The summed E-state index contributed by atoms with van der Waals surface area (Å²) in [6.07, 6.45) is 2.35. The first kappa shape index (κ1) is 18.8. The van der Waals surface area contributed by atoms with Crippen LogP contribution in [0.4, 0.5) is 5.69 Å². The summed E-state index contributed by atoms with van der Waals surface area (Å²) in [5.41, 5.74) is 5.50. The van der Waals surface area contributed by atoms with Crippen molar-refractivity contribution in [3.8, 4) is 0 Å². The lowest BCUT2D eigenvalue weighted by Gasteiger charge is -2.21. The van der Waals surface area contributed by atoms with Crippen LogP contribution in [0, 0.1) is 0 Å². The van der Waals surface area contributed by atoms with Crippen LogP contribution in [0.2, 0.25) is 0 Å². The van der Waals surface area contributed by atoms with Crippen LogP contribution < -0.4 is 5.32 Å². The van der Waals surface area contributed by atoms with E-state index in [0.29, 0.717) is 6.04 Å². The molecule has 0 aliphatic carbocycles. The summed E-state index contributed by atoms with van der Waals surface area (Å²) < 4.78 is 0. The number of hydrogen-bond acceptors (Lipinski definition) is 3. The SMILES string of the molecule is CCN(CC)CCC[C@@H](C)Nc1c2ccccc2nc2c1[nH]c1ccccc12. The summed E-state index contributed by atoms with van der Waals surface area (Å²) in [6.45, 7) is 10.2. The van der Waals surface area contributed by atoms with Crippen molar-refractivity contribution in [3.05, 3.63) is 48.5 Å². The molecule has 146 valence electrons. The number of nitrogens with zero attached hydrogens (tertiary/aromatic N) is 2. The molecule has 0 saturated carbocycles. The summed E-state index contributed by atoms with van der Waals surface area (Å²) in [5, 5.41) is 6.17. The quantitative estimate of drug-likeness (QED) is 0.410. The molecule has 4 nitrogen and oxygen atoms in total. The first-order valence-corrected chi connectivity index (χ1v) is 10.5. The molecule has 4 aromatic rings. The van der Waals surface area contributed by atoms with E-state index in [-0.39, 0.29) is 0 Å². The molecule has 0 aliphatic rings. The number of hydrogen-bond donors (Lipinski definition) is 2. The third-order valence-corrected chi connectivity index (χ3v) is 5.73. The molecule has 2 heterocycles. The molecule has 1 atom stereocenters. The highest BCUT2D eigenvalue weighted by atomic mass is 15.1. The molecular formula is C24H30N4. The highest BCUT2D eigenvalue weighted by molar-refractivity contribution is 6.15. The lowest BCUT2D eigenvalue weighted by atomic mass is 10.1. The van der Waals surface area contributed by atoms with Crippen LogP contribution in [0.25, 0.3) is 32.8 Å². The number of aromatic amines is 1. The van der Waals surface area contributed by atoms with E-state index in [2.05, 4.69) is 84.5 Å². The van der Waals surface area contributed by atoms with Gasteiger partial charge in [-0.1, -0.05) is 50.2 Å². The molecule has 0 bridgehead atoms. The van der Waals surface area contributed by atoms with Crippen molar-refractivity contribution in [2.75, 3.05) is 25.0 Å². The maximum atomic E-state index is 4.96. The van der Waals surface area contributed by atoms with Crippen LogP contribution in [-0.4, -0.2) is 40.5 Å². The minimum Gasteiger partial charge on any atom is -0.380 e. The Morgan fingerprint density at radius 2 is 1.71 bits per heavy atom. The number of nitrogens with one attached hydrogen (secondary N) is 2. The van der Waals surface area contributed by atoms with Crippen molar-refractivity contribution >= 4 is 38.5 Å². The van der Waals surface area contributed by atoms with Gasteiger partial charge in [0.25, 0.3) is 0 Å². The van der Waals surface area contributed by atoms with E-state index < -0.39 is 0 Å². The third kappa shape index (κ3) is 3.57. The summed E-state index contributed by atoms with van der Waals surface area (Å²) >= 11 is 0. The molecule has 0 fully saturated rings. The summed E-state index contributed by atoms with van der Waals surface area (Å²) in [4.78, 5) is 11.1. The van der Waals surface area contributed by atoms with Crippen LogP contribution in [0.1, 0.15) is 33.6 Å². The molecule has 0 radical (unpaired) electrons. The number of fused-ring (bicyclic) bond motifs is 4. The number of aromatic nitrogens is 2. The first-order chi connectivity index (χ1) is 13.7. The van der Waals surface area contributed by atoms with Crippen molar-refractivity contribution in [1.82, 2.24) is 14.9 Å². The van der Waals surface area contributed by atoms with Crippen molar-refractivity contribution in [3.63, 3.8) is 0 Å². The minimum atomic E-state index is 0.399. The number of rotatable bonds is 8. The average molecular weight is 375 g/mol. The van der Waals surface area contributed by atoms with Gasteiger partial charge < -0.3 is 15.2 Å². The Bertz CT molecular complexity index is 1080. The molecule has 2 N–H and O–H groups in total. The lowest BCUT2D eigenvalue weighted by molar-refractivity contribution is 0.295. The Hall–Kier alpha value is -2.59. The van der Waals surface area contributed by atoms with Crippen LogP contribution in [0.15, 0.2) is 48.5 Å². The first-order valence-electron chi connectivity index (χ1n) is 10.5. The second kappa shape index (κ2) is 8.19. The van der Waals surface area contributed by atoms with Gasteiger partial charge in [0.2, 0.25) is 0 Å². The fourth-order valence-electron chi connectivity index (χ4n) is 4.09. The minimum absolute atomic E-state index is 0.399. The molecule has 2 aromatic heterocycles. The maximum absolute atomic E-state index is 4.96. The van der Waals surface area contributed by atoms with Gasteiger partial charge in [-0.3, -0.25) is 0 Å². The second-order valence-corrected chi connectivity index (χ2v) is 7.61. The number of para-hydroxylation sites is 2. The third-order valence-electron chi connectivity index (χ3n) is 5.73. The Balaban J connectivity index is 1.68. The Morgan fingerprint density at radius 1 is 1.00 bits per heavy atom. The topological polar surface area (TPSA) is 44.0 Å². The Kier molecular flexibility index (Phi) is 5.49. The lowest BCUT2D eigenvalue weighted by Crippen LogP contribution is -2.25. The zero-order chi connectivity index (χ0) is 19.5. The highest BCUT2D eigenvalue weighted by Gasteiger charge is 2.15. The predicted octanol–water partition coefficient (Wildman–Crippen LogP) is 5.79. The van der Waals surface area contributed by atoms with Gasteiger partial charge in [0.05, 0.1) is 22.2 Å². The van der Waals surface area contributed by atoms with Gasteiger partial charge in [-0.15, -0.1) is 0 Å². The predicted molar refractivity (Wildman–Crippen MR) is 121 cm³/mol. The van der Waals surface area contributed by atoms with Crippen molar-refractivity contribution in [1.29, 1.82) is 0 Å². The summed E-state index contributed by atoms with van der Waals surface area (Å²) in [7, 11) is 0. The van der Waals surface area contributed by atoms with E-state index in [4.69, 9.17) is 4.98 Å². The fraction of sp³-hybridized carbons (Fsp3) is 0.375. The molecule has 0 spiro atoms. The van der Waals surface area contributed by atoms with Gasteiger partial charge in [-0.2, -0.15) is 0 Å². The van der Waals surface area contributed by atoms with Crippen LogP contribution >= 0.6 is 0 Å². The van der Waals surface area contributed by atoms with Crippen molar-refractivity contribution in [2.24, 2.45) is 0 Å². The van der Waals surface area contributed by atoms with Gasteiger partial charge >= 0.3 is 0 Å². The molecule has 0 unspecified atom stereocenters. The van der Waals surface area contributed by atoms with E-state index in [9.17, 15) is 0 Å². The molecule has 4 rings (SSSR count). The molecule has 28 heavy (non-hydrogen) atoms. The molecule has 4 heteroatoms. The van der Waals surface area contributed by atoms with Crippen LogP contribution in [-0.2, 0) is 0 Å². The van der Waals surface area contributed by atoms with E-state index in [1.807, 2.05) is 0 Å². The van der Waals surface area contributed by atoms with Gasteiger partial charge in [0, 0.05) is 22.3 Å². The fourth-order valence-corrected chi connectivity index (χ4v) is 4.09.